The Bertz CT molecular complexity index is 845. The van der Waals surface area contributed by atoms with Crippen LogP contribution in [0, 0.1) is 0 Å². The number of imide groups is 1. The molecule has 0 aliphatic carbocycles. The number of ether oxygens (including phenoxy) is 2. The second-order valence-electron chi connectivity index (χ2n) is 6.16. The van der Waals surface area contributed by atoms with E-state index in [1.807, 2.05) is 24.3 Å². The molecule has 0 saturated carbocycles. The fraction of sp³-hybridized carbons (Fsp3) is 0.286. The summed E-state index contributed by atoms with van der Waals surface area (Å²) in [5.74, 6) is -0.304. The molecule has 0 spiro atoms. The van der Waals surface area contributed by atoms with Crippen LogP contribution in [0.4, 0.5) is 5.69 Å². The van der Waals surface area contributed by atoms with E-state index in [1.165, 1.54) is 11.6 Å². The molecule has 1 aliphatic heterocycles. The quantitative estimate of drug-likeness (QED) is 0.427. The van der Waals surface area contributed by atoms with E-state index >= 15 is 0 Å². The molecule has 6 heteroatoms. The van der Waals surface area contributed by atoms with Gasteiger partial charge in [0.1, 0.15) is 19.0 Å². The highest BCUT2D eigenvalue weighted by molar-refractivity contribution is 6.20. The Kier molecular flexibility index (Phi) is 5.86. The van der Waals surface area contributed by atoms with Crippen LogP contribution in [0.5, 0.6) is 5.75 Å². The number of hydrogen-bond donors (Lipinski definition) is 0. The molecule has 2 amide bonds. The maximum absolute atomic E-state index is 12.2. The number of anilines is 1. The molecule has 3 rings (SSSR count). The van der Waals surface area contributed by atoms with Crippen LogP contribution in [0.2, 0.25) is 0 Å². The molecule has 1 fully saturated rings. The van der Waals surface area contributed by atoms with Gasteiger partial charge in [0.15, 0.2) is 0 Å². The molecule has 0 bridgehead atoms. The van der Waals surface area contributed by atoms with Crippen LogP contribution < -0.4 is 9.64 Å². The summed E-state index contributed by atoms with van der Waals surface area (Å²) in [7, 11) is 0. The SMILES string of the molecule is CCc1cccc(OCCOC(=O)c2cccc(N3C(=O)CCC3=O)c2)c1. The van der Waals surface area contributed by atoms with Crippen molar-refractivity contribution in [1.82, 2.24) is 0 Å². The summed E-state index contributed by atoms with van der Waals surface area (Å²) in [5.41, 5.74) is 1.85. The summed E-state index contributed by atoms with van der Waals surface area (Å²) in [6.45, 7) is 2.40. The third-order valence-corrected chi connectivity index (χ3v) is 4.28. The van der Waals surface area contributed by atoms with Crippen molar-refractivity contribution in [2.45, 2.75) is 26.2 Å². The maximum Gasteiger partial charge on any atom is 0.338 e. The molecule has 0 atom stereocenters. The Morgan fingerprint density at radius 1 is 1.00 bits per heavy atom. The zero-order valence-corrected chi connectivity index (χ0v) is 15.1. The summed E-state index contributed by atoms with van der Waals surface area (Å²) < 4.78 is 10.8. The predicted octanol–water partition coefficient (Wildman–Crippen LogP) is 3.14. The zero-order chi connectivity index (χ0) is 19.2. The first-order valence-electron chi connectivity index (χ1n) is 8.93. The van der Waals surface area contributed by atoms with E-state index in [9.17, 15) is 14.4 Å². The normalized spacial score (nSPS) is 13.7. The molecule has 0 unspecified atom stereocenters. The van der Waals surface area contributed by atoms with Crippen molar-refractivity contribution in [3.8, 4) is 5.75 Å². The summed E-state index contributed by atoms with van der Waals surface area (Å²) in [6, 6.07) is 14.1. The zero-order valence-electron chi connectivity index (χ0n) is 15.1. The minimum absolute atomic E-state index is 0.0982. The second kappa shape index (κ2) is 8.49. The van der Waals surface area contributed by atoms with Gasteiger partial charge in [0.2, 0.25) is 11.8 Å². The van der Waals surface area contributed by atoms with Crippen LogP contribution in [0.25, 0.3) is 0 Å². The summed E-state index contributed by atoms with van der Waals surface area (Å²) in [4.78, 5) is 37.0. The van der Waals surface area contributed by atoms with Gasteiger partial charge in [-0.25, -0.2) is 4.79 Å². The van der Waals surface area contributed by atoms with Gasteiger partial charge in [0, 0.05) is 12.8 Å². The van der Waals surface area contributed by atoms with E-state index < -0.39 is 5.97 Å². The lowest BCUT2D eigenvalue weighted by molar-refractivity contribution is -0.121. The third kappa shape index (κ3) is 4.53. The van der Waals surface area contributed by atoms with Crippen LogP contribution >= 0.6 is 0 Å². The highest BCUT2D eigenvalue weighted by atomic mass is 16.6. The van der Waals surface area contributed by atoms with Gasteiger partial charge in [-0.15, -0.1) is 0 Å². The Morgan fingerprint density at radius 2 is 1.74 bits per heavy atom. The summed E-state index contributed by atoms with van der Waals surface area (Å²) in [6.07, 6.45) is 1.32. The lowest BCUT2D eigenvalue weighted by Gasteiger charge is -2.14. The van der Waals surface area contributed by atoms with Crippen molar-refractivity contribution in [3.63, 3.8) is 0 Å². The molecule has 6 nitrogen and oxygen atoms in total. The molecule has 1 aliphatic rings. The van der Waals surface area contributed by atoms with Crippen molar-refractivity contribution < 1.29 is 23.9 Å². The molecule has 140 valence electrons. The summed E-state index contributed by atoms with van der Waals surface area (Å²) in [5, 5.41) is 0. The van der Waals surface area contributed by atoms with Gasteiger partial charge in [0.25, 0.3) is 0 Å². The number of carbonyl (C=O) groups is 3. The van der Waals surface area contributed by atoms with Gasteiger partial charge < -0.3 is 9.47 Å². The number of carbonyl (C=O) groups excluding carboxylic acids is 3. The average Bonchev–Trinajstić information content (AvgIpc) is 3.03. The van der Waals surface area contributed by atoms with Crippen molar-refractivity contribution in [1.29, 1.82) is 0 Å². The highest BCUT2D eigenvalue weighted by Gasteiger charge is 2.30. The molecule has 1 saturated heterocycles. The van der Waals surface area contributed by atoms with Gasteiger partial charge >= 0.3 is 5.97 Å². The second-order valence-corrected chi connectivity index (χ2v) is 6.16. The number of esters is 1. The number of nitrogens with zero attached hydrogens (tertiary/aromatic N) is 1. The first kappa shape index (κ1) is 18.6. The van der Waals surface area contributed by atoms with Crippen molar-refractivity contribution in [3.05, 3.63) is 59.7 Å². The van der Waals surface area contributed by atoms with E-state index in [0.29, 0.717) is 5.69 Å². The number of hydrogen-bond acceptors (Lipinski definition) is 5. The first-order chi connectivity index (χ1) is 13.1. The Hall–Kier alpha value is -3.15. The Balaban J connectivity index is 1.54. The minimum Gasteiger partial charge on any atom is -0.490 e. The Morgan fingerprint density at radius 3 is 2.48 bits per heavy atom. The average molecular weight is 367 g/mol. The van der Waals surface area contributed by atoms with E-state index in [0.717, 1.165) is 17.1 Å². The monoisotopic (exact) mass is 367 g/mol. The molecular weight excluding hydrogens is 346 g/mol. The number of amides is 2. The lowest BCUT2D eigenvalue weighted by Crippen LogP contribution is -2.28. The maximum atomic E-state index is 12.2. The highest BCUT2D eigenvalue weighted by Crippen LogP contribution is 2.23. The van der Waals surface area contributed by atoms with Crippen LogP contribution in [-0.4, -0.2) is 31.0 Å². The molecule has 0 N–H and O–H groups in total. The minimum atomic E-state index is -0.526. The van der Waals surface area contributed by atoms with Gasteiger partial charge in [0.05, 0.1) is 11.3 Å². The molecule has 0 aromatic heterocycles. The topological polar surface area (TPSA) is 72.9 Å². The van der Waals surface area contributed by atoms with Crippen molar-refractivity contribution in [2.75, 3.05) is 18.1 Å². The molecule has 2 aromatic carbocycles. The lowest BCUT2D eigenvalue weighted by atomic mass is 10.2. The number of benzene rings is 2. The number of rotatable bonds is 7. The molecule has 27 heavy (non-hydrogen) atoms. The van der Waals surface area contributed by atoms with E-state index in [4.69, 9.17) is 9.47 Å². The van der Waals surface area contributed by atoms with Crippen LogP contribution in [0.1, 0.15) is 35.7 Å². The Labute approximate surface area is 157 Å². The fourth-order valence-corrected chi connectivity index (χ4v) is 2.87. The fourth-order valence-electron chi connectivity index (χ4n) is 2.87. The van der Waals surface area contributed by atoms with E-state index in [1.54, 1.807) is 18.2 Å². The predicted molar refractivity (Wildman–Crippen MR) is 99.8 cm³/mol. The van der Waals surface area contributed by atoms with Crippen molar-refractivity contribution >= 4 is 23.5 Å². The van der Waals surface area contributed by atoms with Crippen LogP contribution in [0.3, 0.4) is 0 Å². The summed E-state index contributed by atoms with van der Waals surface area (Å²) >= 11 is 0. The van der Waals surface area contributed by atoms with E-state index in [-0.39, 0.29) is 43.4 Å². The van der Waals surface area contributed by atoms with Gasteiger partial charge in [-0.1, -0.05) is 25.1 Å². The molecule has 2 aromatic rings. The first-order valence-corrected chi connectivity index (χ1v) is 8.93. The van der Waals surface area contributed by atoms with E-state index in [2.05, 4.69) is 6.92 Å². The van der Waals surface area contributed by atoms with Gasteiger partial charge in [-0.2, -0.15) is 0 Å². The third-order valence-electron chi connectivity index (χ3n) is 4.28. The smallest absolute Gasteiger partial charge is 0.338 e. The van der Waals surface area contributed by atoms with Crippen LogP contribution in [0.15, 0.2) is 48.5 Å². The molecule has 0 radical (unpaired) electrons. The largest absolute Gasteiger partial charge is 0.490 e. The number of aryl methyl sites for hydroxylation is 1. The molecular formula is C21H21NO5. The van der Waals surface area contributed by atoms with Crippen molar-refractivity contribution in [2.24, 2.45) is 0 Å². The standard InChI is InChI=1S/C21H21NO5/c1-2-15-5-3-8-18(13-15)26-11-12-27-21(25)16-6-4-7-17(14-16)22-19(23)9-10-20(22)24/h3-8,13-14H,2,9-12H2,1H3. The van der Waals surface area contributed by atoms with Gasteiger partial charge in [-0.3, -0.25) is 14.5 Å². The van der Waals surface area contributed by atoms with Crippen LogP contribution in [-0.2, 0) is 20.7 Å². The van der Waals surface area contributed by atoms with Gasteiger partial charge in [-0.05, 0) is 42.3 Å². The molecule has 1 heterocycles.